The first-order valence-electron chi connectivity index (χ1n) is 6.27. The predicted octanol–water partition coefficient (Wildman–Crippen LogP) is 4.02. The van der Waals surface area contributed by atoms with E-state index in [2.05, 4.69) is 42.5 Å². The molecule has 17 heavy (non-hydrogen) atoms. The van der Waals surface area contributed by atoms with Gasteiger partial charge in [-0.15, -0.1) is 10.2 Å². The predicted molar refractivity (Wildman–Crippen MR) is 70.2 cm³/mol. The summed E-state index contributed by atoms with van der Waals surface area (Å²) in [6, 6.07) is 0.427. The highest BCUT2D eigenvalue weighted by Crippen LogP contribution is 2.50. The zero-order chi connectivity index (χ0) is 12.8. The summed E-state index contributed by atoms with van der Waals surface area (Å²) in [7, 11) is 0. The molecule has 0 aliphatic heterocycles. The first kappa shape index (κ1) is 12.9. The molecule has 0 amide bonds. The third-order valence-corrected chi connectivity index (χ3v) is 3.98. The van der Waals surface area contributed by atoms with Crippen LogP contribution in [0.1, 0.15) is 58.8 Å². The van der Waals surface area contributed by atoms with Crippen LogP contribution in [0.5, 0.6) is 0 Å². The third-order valence-electron chi connectivity index (χ3n) is 3.72. The second-order valence-electron chi connectivity index (χ2n) is 6.95. The molecular weight excluding hydrogens is 234 g/mol. The normalized spacial score (nSPS) is 23.9. The molecule has 96 valence electrons. The van der Waals surface area contributed by atoms with Gasteiger partial charge in [0.25, 0.3) is 0 Å². The smallest absolute Gasteiger partial charge is 0.225 e. The van der Waals surface area contributed by atoms with Crippen molar-refractivity contribution in [3.05, 3.63) is 11.1 Å². The van der Waals surface area contributed by atoms with Crippen LogP contribution in [-0.2, 0) is 0 Å². The quantitative estimate of drug-likeness (QED) is 0.759. The zero-order valence-corrected chi connectivity index (χ0v) is 12.2. The van der Waals surface area contributed by atoms with Gasteiger partial charge in [-0.25, -0.2) is 0 Å². The highest BCUT2D eigenvalue weighted by molar-refractivity contribution is 6.28. The molecule has 1 heterocycles. The molecule has 0 radical (unpaired) electrons. The van der Waals surface area contributed by atoms with E-state index < -0.39 is 0 Å². The van der Waals surface area contributed by atoms with Gasteiger partial charge in [0.15, 0.2) is 0 Å². The van der Waals surface area contributed by atoms with Crippen LogP contribution < -0.4 is 0 Å². The number of halogens is 1. The lowest BCUT2D eigenvalue weighted by Crippen LogP contribution is -2.35. The third kappa shape index (κ3) is 2.65. The van der Waals surface area contributed by atoms with Crippen LogP contribution in [-0.4, -0.2) is 14.8 Å². The number of rotatable bonds is 1. The fourth-order valence-electron chi connectivity index (χ4n) is 3.73. The molecule has 1 aliphatic carbocycles. The number of nitrogens with zero attached hydrogens (tertiary/aromatic N) is 3. The van der Waals surface area contributed by atoms with Crippen molar-refractivity contribution in [2.75, 3.05) is 0 Å². The largest absolute Gasteiger partial charge is 0.299 e. The van der Waals surface area contributed by atoms with Gasteiger partial charge in [0.05, 0.1) is 0 Å². The lowest BCUT2D eigenvalue weighted by Gasteiger charge is -2.45. The summed E-state index contributed by atoms with van der Waals surface area (Å²) in [5, 5.41) is 8.56. The first-order valence-corrected chi connectivity index (χ1v) is 6.65. The Hall–Kier alpha value is -0.570. The van der Waals surface area contributed by atoms with Crippen LogP contribution in [0.25, 0.3) is 0 Å². The Labute approximate surface area is 109 Å². The van der Waals surface area contributed by atoms with Gasteiger partial charge in [-0.05, 0) is 48.6 Å². The Balaban J connectivity index is 2.33. The minimum absolute atomic E-state index is 0.354. The molecule has 0 atom stereocenters. The molecule has 0 aromatic carbocycles. The second-order valence-corrected chi connectivity index (χ2v) is 7.29. The topological polar surface area (TPSA) is 30.7 Å². The van der Waals surface area contributed by atoms with E-state index in [1.807, 2.05) is 6.92 Å². The van der Waals surface area contributed by atoms with Crippen LogP contribution in [0.4, 0.5) is 0 Å². The van der Waals surface area contributed by atoms with Gasteiger partial charge in [0.1, 0.15) is 5.82 Å². The lowest BCUT2D eigenvalue weighted by atomic mass is 9.63. The van der Waals surface area contributed by atoms with E-state index in [0.717, 1.165) is 18.7 Å². The molecule has 4 heteroatoms. The molecular formula is C13H22ClN3. The minimum atomic E-state index is 0.354. The Morgan fingerprint density at radius 1 is 1.12 bits per heavy atom. The fraction of sp³-hybridized carbons (Fsp3) is 0.846. The number of aryl methyl sites for hydroxylation is 1. The monoisotopic (exact) mass is 255 g/mol. The zero-order valence-electron chi connectivity index (χ0n) is 11.4. The van der Waals surface area contributed by atoms with Crippen molar-refractivity contribution in [2.45, 2.75) is 59.9 Å². The maximum Gasteiger partial charge on any atom is 0.225 e. The summed E-state index contributed by atoms with van der Waals surface area (Å²) in [6.07, 6.45) is 3.55. The Morgan fingerprint density at radius 2 is 1.65 bits per heavy atom. The van der Waals surface area contributed by atoms with Crippen molar-refractivity contribution in [1.29, 1.82) is 0 Å². The van der Waals surface area contributed by atoms with Gasteiger partial charge in [-0.2, -0.15) is 0 Å². The van der Waals surface area contributed by atoms with Crippen molar-refractivity contribution >= 4 is 11.6 Å². The molecule has 1 aromatic heterocycles. The highest BCUT2D eigenvalue weighted by Gasteiger charge is 2.40. The van der Waals surface area contributed by atoms with Crippen LogP contribution >= 0.6 is 11.6 Å². The van der Waals surface area contributed by atoms with Gasteiger partial charge in [0.2, 0.25) is 5.28 Å². The summed E-state index contributed by atoms with van der Waals surface area (Å²) in [5.41, 5.74) is 0.707. The lowest BCUT2D eigenvalue weighted by molar-refractivity contribution is 0.0715. The van der Waals surface area contributed by atoms with Crippen molar-refractivity contribution in [3.63, 3.8) is 0 Å². The molecule has 1 aromatic rings. The molecule has 0 bridgehead atoms. The number of hydrogen-bond donors (Lipinski definition) is 0. The molecule has 1 fully saturated rings. The summed E-state index contributed by atoms with van der Waals surface area (Å²) in [5.74, 6) is 0.925. The van der Waals surface area contributed by atoms with Crippen molar-refractivity contribution < 1.29 is 0 Å². The van der Waals surface area contributed by atoms with Crippen LogP contribution in [0.2, 0.25) is 5.28 Å². The SMILES string of the molecule is Cc1nnc(Cl)n1C1CC(C)(C)CC(C)(C)C1. The first-order chi connectivity index (χ1) is 7.70. The maximum absolute atomic E-state index is 6.15. The van der Waals surface area contributed by atoms with E-state index in [-0.39, 0.29) is 0 Å². The Kier molecular flexibility index (Phi) is 3.01. The molecule has 2 rings (SSSR count). The van der Waals surface area contributed by atoms with Gasteiger partial charge in [-0.3, -0.25) is 4.57 Å². The number of aromatic nitrogens is 3. The van der Waals surface area contributed by atoms with Gasteiger partial charge < -0.3 is 0 Å². The maximum atomic E-state index is 6.15. The standard InChI is InChI=1S/C13H22ClN3/c1-9-15-16-11(14)17(9)10-6-12(2,3)8-13(4,5)7-10/h10H,6-8H2,1-5H3. The highest BCUT2D eigenvalue weighted by atomic mass is 35.5. The van der Waals surface area contributed by atoms with E-state index in [0.29, 0.717) is 22.2 Å². The summed E-state index contributed by atoms with van der Waals surface area (Å²) in [4.78, 5) is 0. The number of hydrogen-bond acceptors (Lipinski definition) is 2. The van der Waals surface area contributed by atoms with E-state index in [4.69, 9.17) is 11.6 Å². The van der Waals surface area contributed by atoms with Crippen molar-refractivity contribution in [3.8, 4) is 0 Å². The fourth-order valence-corrected chi connectivity index (χ4v) is 4.03. The summed E-state index contributed by atoms with van der Waals surface area (Å²) in [6.45, 7) is 11.3. The minimum Gasteiger partial charge on any atom is -0.299 e. The van der Waals surface area contributed by atoms with Crippen molar-refractivity contribution in [2.24, 2.45) is 10.8 Å². The van der Waals surface area contributed by atoms with Crippen LogP contribution in [0, 0.1) is 17.8 Å². The summed E-state index contributed by atoms with van der Waals surface area (Å²) < 4.78 is 2.10. The Morgan fingerprint density at radius 3 is 2.06 bits per heavy atom. The molecule has 1 saturated carbocycles. The second kappa shape index (κ2) is 3.98. The van der Waals surface area contributed by atoms with Gasteiger partial charge in [-0.1, -0.05) is 27.7 Å². The Bertz CT molecular complexity index is 385. The van der Waals surface area contributed by atoms with Gasteiger partial charge in [0, 0.05) is 6.04 Å². The molecule has 0 saturated heterocycles. The van der Waals surface area contributed by atoms with Crippen LogP contribution in [0.3, 0.4) is 0 Å². The average Bonchev–Trinajstić information content (AvgIpc) is 2.40. The summed E-state index contributed by atoms with van der Waals surface area (Å²) >= 11 is 6.15. The molecule has 0 spiro atoms. The van der Waals surface area contributed by atoms with E-state index in [1.165, 1.54) is 6.42 Å². The van der Waals surface area contributed by atoms with E-state index in [1.54, 1.807) is 0 Å². The molecule has 3 nitrogen and oxygen atoms in total. The molecule has 0 unspecified atom stereocenters. The van der Waals surface area contributed by atoms with Crippen LogP contribution in [0.15, 0.2) is 0 Å². The van der Waals surface area contributed by atoms with Crippen molar-refractivity contribution in [1.82, 2.24) is 14.8 Å². The average molecular weight is 256 g/mol. The van der Waals surface area contributed by atoms with E-state index >= 15 is 0 Å². The van der Waals surface area contributed by atoms with E-state index in [9.17, 15) is 0 Å². The molecule has 1 aliphatic rings. The molecule has 0 N–H and O–H groups in total. The van der Waals surface area contributed by atoms with Gasteiger partial charge >= 0.3 is 0 Å².